The molecule has 3 aromatic carbocycles. The third-order valence-corrected chi connectivity index (χ3v) is 7.11. The van der Waals surface area contributed by atoms with Gasteiger partial charge in [0.25, 0.3) is 0 Å². The van der Waals surface area contributed by atoms with Gasteiger partial charge in [-0.2, -0.15) is 0 Å². The summed E-state index contributed by atoms with van der Waals surface area (Å²) in [6, 6.07) is 21.0. The van der Waals surface area contributed by atoms with Crippen molar-refractivity contribution in [3.05, 3.63) is 78.0 Å². The average molecular weight is 423 g/mol. The fourth-order valence-corrected chi connectivity index (χ4v) is 5.34. The Labute approximate surface area is 192 Å². The van der Waals surface area contributed by atoms with E-state index in [9.17, 15) is 0 Å². The maximum absolute atomic E-state index is 8.98. The van der Waals surface area contributed by atoms with Crippen LogP contribution in [0.25, 0.3) is 44.0 Å². The Hall–Kier alpha value is -3.13. The lowest BCUT2D eigenvalue weighted by Gasteiger charge is -2.21. The number of aromatic nitrogens is 1. The molecule has 0 aliphatic heterocycles. The van der Waals surface area contributed by atoms with Crippen LogP contribution in [0.2, 0.25) is 0 Å². The highest BCUT2D eigenvalue weighted by molar-refractivity contribution is 6.15. The van der Waals surface area contributed by atoms with Crippen LogP contribution in [-0.4, -0.2) is 0 Å². The molecular formula is C30H30NO+. The van der Waals surface area contributed by atoms with Crippen molar-refractivity contribution in [1.82, 2.24) is 0 Å². The third kappa shape index (κ3) is 3.30. The molecule has 160 valence electrons. The summed E-state index contributed by atoms with van der Waals surface area (Å²) in [5.41, 5.74) is 5.89. The van der Waals surface area contributed by atoms with E-state index in [-0.39, 0.29) is 5.92 Å². The molecule has 2 heterocycles. The van der Waals surface area contributed by atoms with Crippen molar-refractivity contribution in [2.75, 3.05) is 0 Å². The molecule has 0 radical (unpaired) electrons. The molecule has 5 aromatic rings. The van der Waals surface area contributed by atoms with E-state index in [1.165, 1.54) is 11.8 Å². The minimum absolute atomic E-state index is 0.0940. The van der Waals surface area contributed by atoms with Gasteiger partial charge in [-0.3, -0.25) is 0 Å². The molecule has 1 fully saturated rings. The summed E-state index contributed by atoms with van der Waals surface area (Å²) in [6.07, 6.45) is 6.14. The van der Waals surface area contributed by atoms with Crippen molar-refractivity contribution in [2.24, 2.45) is 13.0 Å². The second kappa shape index (κ2) is 7.78. The largest absolute Gasteiger partial charge is 0.455 e. The first-order valence-electron chi connectivity index (χ1n) is 12.8. The zero-order valence-electron chi connectivity index (χ0n) is 20.8. The van der Waals surface area contributed by atoms with E-state index < -0.39 is 6.37 Å². The molecule has 0 unspecified atom stereocenters. The zero-order chi connectivity index (χ0) is 23.4. The molecule has 0 amide bonds. The minimum atomic E-state index is -1.32. The third-order valence-electron chi connectivity index (χ3n) is 7.11. The van der Waals surface area contributed by atoms with E-state index in [0.29, 0.717) is 0 Å². The van der Waals surface area contributed by atoms with Crippen molar-refractivity contribution < 1.29 is 11.7 Å². The van der Waals surface area contributed by atoms with Crippen LogP contribution in [0, 0.1) is 12.8 Å². The van der Waals surface area contributed by atoms with Crippen LogP contribution in [0.1, 0.15) is 46.0 Å². The van der Waals surface area contributed by atoms with Crippen molar-refractivity contribution in [3.63, 3.8) is 0 Å². The van der Waals surface area contributed by atoms with Gasteiger partial charge in [0.15, 0.2) is 6.20 Å². The number of aryl methyl sites for hydroxylation is 2. The van der Waals surface area contributed by atoms with Gasteiger partial charge in [-0.15, -0.1) is 0 Å². The van der Waals surface area contributed by atoms with Gasteiger partial charge in [-0.1, -0.05) is 62.4 Å². The van der Waals surface area contributed by atoms with Crippen LogP contribution in [0.4, 0.5) is 0 Å². The highest BCUT2D eigenvalue weighted by Gasteiger charge is 2.20. The Balaban J connectivity index is 1.52. The lowest BCUT2D eigenvalue weighted by atomic mass is 9.85. The number of rotatable bonds is 3. The van der Waals surface area contributed by atoms with E-state index in [1.54, 1.807) is 0 Å². The highest BCUT2D eigenvalue weighted by Crippen LogP contribution is 2.37. The number of fused-ring (bicyclic) bond motifs is 5. The SMILES string of the molecule is [2H]C([2H])(c1cc[n+](C)c(-c2cc3c(cc2C)oc2c4ccccc4ccc32)c1)C1CCCCC1. The number of hydrogen-bond donors (Lipinski definition) is 0. The Morgan fingerprint density at radius 3 is 2.66 bits per heavy atom. The summed E-state index contributed by atoms with van der Waals surface area (Å²) in [4.78, 5) is 0. The van der Waals surface area contributed by atoms with Gasteiger partial charge >= 0.3 is 0 Å². The van der Waals surface area contributed by atoms with Crippen LogP contribution in [0.3, 0.4) is 0 Å². The van der Waals surface area contributed by atoms with Crippen LogP contribution >= 0.6 is 0 Å². The molecular weight excluding hydrogens is 390 g/mol. The first-order valence-corrected chi connectivity index (χ1v) is 11.8. The lowest BCUT2D eigenvalue weighted by molar-refractivity contribution is -0.660. The number of hydrogen-bond acceptors (Lipinski definition) is 1. The normalized spacial score (nSPS) is 16.6. The van der Waals surface area contributed by atoms with E-state index >= 15 is 0 Å². The fourth-order valence-electron chi connectivity index (χ4n) is 5.34. The molecule has 2 nitrogen and oxygen atoms in total. The van der Waals surface area contributed by atoms with Crippen LogP contribution < -0.4 is 4.57 Å². The van der Waals surface area contributed by atoms with Crippen molar-refractivity contribution in [3.8, 4) is 11.3 Å². The van der Waals surface area contributed by atoms with Crippen LogP contribution in [0.15, 0.2) is 71.3 Å². The van der Waals surface area contributed by atoms with Crippen LogP contribution in [-0.2, 0) is 13.4 Å². The standard InChI is InChI=1S/C30H30NO/c1-20-16-29-27(25-13-12-23-10-6-7-11-24(23)30(25)32-29)19-26(20)28-18-22(14-15-31(28)2)17-21-8-4-3-5-9-21/h6-7,10-16,18-19,21H,3-5,8-9,17H2,1-2H3/q+1/i17D2. The zero-order valence-corrected chi connectivity index (χ0v) is 18.8. The Morgan fingerprint density at radius 2 is 1.78 bits per heavy atom. The topological polar surface area (TPSA) is 17.0 Å². The van der Waals surface area contributed by atoms with Crippen molar-refractivity contribution in [2.45, 2.75) is 45.4 Å². The quantitative estimate of drug-likeness (QED) is 0.273. The smallest absolute Gasteiger partial charge is 0.212 e. The molecule has 2 aromatic heterocycles. The van der Waals surface area contributed by atoms with Gasteiger partial charge in [0.05, 0.1) is 0 Å². The first kappa shape index (κ1) is 17.4. The van der Waals surface area contributed by atoms with E-state index in [0.717, 1.165) is 75.4 Å². The molecule has 0 saturated heterocycles. The molecule has 1 aliphatic rings. The maximum Gasteiger partial charge on any atom is 0.212 e. The van der Waals surface area contributed by atoms with E-state index in [4.69, 9.17) is 7.16 Å². The molecule has 1 aliphatic carbocycles. The van der Waals surface area contributed by atoms with Gasteiger partial charge in [0.1, 0.15) is 18.2 Å². The summed E-state index contributed by atoms with van der Waals surface area (Å²) in [5, 5.41) is 4.52. The van der Waals surface area contributed by atoms with E-state index in [2.05, 4.69) is 66.1 Å². The number of pyridine rings is 1. The average Bonchev–Trinajstić information content (AvgIpc) is 3.22. The summed E-state index contributed by atoms with van der Waals surface area (Å²) < 4.78 is 26.4. The van der Waals surface area contributed by atoms with E-state index in [1.807, 2.05) is 19.3 Å². The molecule has 32 heavy (non-hydrogen) atoms. The van der Waals surface area contributed by atoms with Gasteiger partial charge in [-0.05, 0) is 53.9 Å². The summed E-state index contributed by atoms with van der Waals surface area (Å²) in [5.74, 6) is 0.0940. The minimum Gasteiger partial charge on any atom is -0.455 e. The summed E-state index contributed by atoms with van der Waals surface area (Å²) in [7, 11) is 2.04. The Bertz CT molecular complexity index is 1540. The molecule has 0 atom stereocenters. The fraction of sp³-hybridized carbons (Fsp3) is 0.300. The maximum atomic E-state index is 8.98. The summed E-state index contributed by atoms with van der Waals surface area (Å²) >= 11 is 0. The second-order valence-corrected chi connectivity index (χ2v) is 9.32. The predicted octanol–water partition coefficient (Wildman–Crippen LogP) is 7.66. The predicted molar refractivity (Wildman–Crippen MR) is 133 cm³/mol. The summed E-state index contributed by atoms with van der Waals surface area (Å²) in [6.45, 7) is 2.11. The second-order valence-electron chi connectivity index (χ2n) is 9.32. The molecule has 1 saturated carbocycles. The molecule has 0 N–H and O–H groups in total. The molecule has 6 rings (SSSR count). The number of nitrogens with zero attached hydrogens (tertiary/aromatic N) is 1. The Morgan fingerprint density at radius 1 is 0.938 bits per heavy atom. The van der Waals surface area contributed by atoms with Crippen molar-refractivity contribution in [1.29, 1.82) is 0 Å². The number of furan rings is 1. The molecule has 0 bridgehead atoms. The first-order chi connectivity index (χ1) is 16.4. The monoisotopic (exact) mass is 422 g/mol. The number of benzene rings is 3. The Kier molecular flexibility index (Phi) is 4.24. The highest BCUT2D eigenvalue weighted by atomic mass is 16.3. The van der Waals surface area contributed by atoms with Gasteiger partial charge in [-0.25, -0.2) is 4.57 Å². The van der Waals surface area contributed by atoms with Crippen molar-refractivity contribution >= 4 is 32.7 Å². The van der Waals surface area contributed by atoms with Gasteiger partial charge in [0, 0.05) is 36.6 Å². The van der Waals surface area contributed by atoms with Gasteiger partial charge < -0.3 is 4.42 Å². The molecule has 0 spiro atoms. The lowest BCUT2D eigenvalue weighted by Crippen LogP contribution is -2.31. The molecule has 2 heteroatoms. The van der Waals surface area contributed by atoms with Gasteiger partial charge in [0.2, 0.25) is 5.69 Å². The van der Waals surface area contributed by atoms with Crippen LogP contribution in [0.5, 0.6) is 0 Å².